The van der Waals surface area contributed by atoms with Gasteiger partial charge in [0, 0.05) is 36.3 Å². The molecule has 0 aliphatic carbocycles. The number of hydrogen-bond donors (Lipinski definition) is 3. The summed E-state index contributed by atoms with van der Waals surface area (Å²) in [7, 11) is 0. The van der Waals surface area contributed by atoms with E-state index in [1.807, 2.05) is 49.4 Å². The van der Waals surface area contributed by atoms with Gasteiger partial charge >= 0.3 is 0 Å². The molecule has 0 spiro atoms. The van der Waals surface area contributed by atoms with Crippen LogP contribution in [0.2, 0.25) is 0 Å². The molecule has 3 aromatic rings. The van der Waals surface area contributed by atoms with Crippen LogP contribution in [-0.2, 0) is 4.79 Å². The Balaban J connectivity index is 1.75. The van der Waals surface area contributed by atoms with Crippen molar-refractivity contribution in [2.75, 3.05) is 16.0 Å². The molecule has 7 nitrogen and oxygen atoms in total. The number of aromatic nitrogens is 3. The summed E-state index contributed by atoms with van der Waals surface area (Å²) in [5.74, 6) is 1.73. The minimum atomic E-state index is -0.0995. The summed E-state index contributed by atoms with van der Waals surface area (Å²) < 4.78 is 0. The quantitative estimate of drug-likeness (QED) is 0.660. The van der Waals surface area contributed by atoms with E-state index in [1.165, 1.54) is 6.92 Å². The van der Waals surface area contributed by atoms with E-state index >= 15 is 0 Å². The zero-order valence-corrected chi connectivity index (χ0v) is 13.9. The Morgan fingerprint density at radius 1 is 0.960 bits per heavy atom. The molecule has 0 bridgehead atoms. The lowest BCUT2D eigenvalue weighted by molar-refractivity contribution is -0.114. The average Bonchev–Trinajstić information content (AvgIpc) is 2.60. The zero-order chi connectivity index (χ0) is 17.6. The molecular weight excluding hydrogens is 316 g/mol. The highest BCUT2D eigenvalue weighted by Gasteiger charge is 2.06. The molecule has 3 N–H and O–H groups in total. The van der Waals surface area contributed by atoms with E-state index in [0.717, 1.165) is 16.9 Å². The van der Waals surface area contributed by atoms with Crippen LogP contribution < -0.4 is 16.0 Å². The Hall–Kier alpha value is -3.48. The van der Waals surface area contributed by atoms with Crippen molar-refractivity contribution in [1.82, 2.24) is 15.0 Å². The van der Waals surface area contributed by atoms with Crippen molar-refractivity contribution in [2.24, 2.45) is 0 Å². The predicted molar refractivity (Wildman–Crippen MR) is 98.3 cm³/mol. The van der Waals surface area contributed by atoms with E-state index < -0.39 is 0 Å². The number of nitrogens with zero attached hydrogens (tertiary/aromatic N) is 3. The molecule has 0 unspecified atom stereocenters. The van der Waals surface area contributed by atoms with Gasteiger partial charge < -0.3 is 16.0 Å². The summed E-state index contributed by atoms with van der Waals surface area (Å²) in [5.41, 5.74) is 2.52. The van der Waals surface area contributed by atoms with Crippen LogP contribution in [0.1, 0.15) is 12.5 Å². The summed E-state index contributed by atoms with van der Waals surface area (Å²) in [5, 5.41) is 9.06. The molecule has 0 saturated carbocycles. The topological polar surface area (TPSA) is 91.8 Å². The maximum Gasteiger partial charge on any atom is 0.230 e. The second-order valence-corrected chi connectivity index (χ2v) is 5.45. The lowest BCUT2D eigenvalue weighted by Gasteiger charge is -2.11. The van der Waals surface area contributed by atoms with E-state index in [2.05, 4.69) is 30.9 Å². The van der Waals surface area contributed by atoms with Crippen molar-refractivity contribution < 1.29 is 4.79 Å². The van der Waals surface area contributed by atoms with Gasteiger partial charge in [-0.05, 0) is 43.3 Å². The van der Waals surface area contributed by atoms with Crippen LogP contribution in [0, 0.1) is 6.92 Å². The van der Waals surface area contributed by atoms with Crippen molar-refractivity contribution >= 4 is 34.9 Å². The Bertz CT molecular complexity index is 864. The van der Waals surface area contributed by atoms with Gasteiger partial charge in [-0.2, -0.15) is 4.98 Å². The molecule has 3 rings (SSSR count). The molecule has 25 heavy (non-hydrogen) atoms. The number of carbonyl (C=O) groups excluding carboxylic acids is 1. The number of rotatable bonds is 5. The van der Waals surface area contributed by atoms with Crippen molar-refractivity contribution in [3.05, 3.63) is 60.4 Å². The SMILES string of the molecule is CC(=O)Nc1ccc(Nc2nc(Nc3ccccn3)ncc2C)cc1. The molecule has 1 aromatic carbocycles. The third-order valence-electron chi connectivity index (χ3n) is 3.34. The number of aryl methyl sites for hydroxylation is 1. The Morgan fingerprint density at radius 3 is 2.40 bits per heavy atom. The predicted octanol–water partition coefficient (Wildman–Crippen LogP) is 3.63. The van der Waals surface area contributed by atoms with E-state index in [-0.39, 0.29) is 5.91 Å². The van der Waals surface area contributed by atoms with Gasteiger partial charge in [0.05, 0.1) is 0 Å². The van der Waals surface area contributed by atoms with Crippen molar-refractivity contribution in [2.45, 2.75) is 13.8 Å². The van der Waals surface area contributed by atoms with Gasteiger partial charge in [-0.25, -0.2) is 9.97 Å². The monoisotopic (exact) mass is 334 g/mol. The van der Waals surface area contributed by atoms with E-state index in [9.17, 15) is 4.79 Å². The van der Waals surface area contributed by atoms with Crippen LogP contribution >= 0.6 is 0 Å². The van der Waals surface area contributed by atoms with Crippen LogP contribution in [0.3, 0.4) is 0 Å². The van der Waals surface area contributed by atoms with Gasteiger partial charge in [0.25, 0.3) is 0 Å². The van der Waals surface area contributed by atoms with Crippen LogP contribution in [0.25, 0.3) is 0 Å². The Labute approximate surface area is 145 Å². The lowest BCUT2D eigenvalue weighted by Crippen LogP contribution is -2.06. The third kappa shape index (κ3) is 4.51. The van der Waals surface area contributed by atoms with Crippen LogP contribution in [-0.4, -0.2) is 20.9 Å². The lowest BCUT2D eigenvalue weighted by atomic mass is 10.2. The minimum absolute atomic E-state index is 0.0995. The van der Waals surface area contributed by atoms with Gasteiger partial charge in [-0.15, -0.1) is 0 Å². The first-order valence-corrected chi connectivity index (χ1v) is 7.76. The highest BCUT2D eigenvalue weighted by Crippen LogP contribution is 2.21. The zero-order valence-electron chi connectivity index (χ0n) is 13.9. The fraction of sp³-hybridized carbons (Fsp3) is 0.111. The van der Waals surface area contributed by atoms with Gasteiger partial charge in [0.2, 0.25) is 11.9 Å². The first kappa shape index (κ1) is 16.4. The van der Waals surface area contributed by atoms with Gasteiger partial charge in [-0.3, -0.25) is 4.79 Å². The number of amides is 1. The maximum atomic E-state index is 11.1. The molecular formula is C18H18N6O. The van der Waals surface area contributed by atoms with Crippen molar-refractivity contribution in [3.63, 3.8) is 0 Å². The molecule has 1 amide bonds. The first-order chi connectivity index (χ1) is 12.1. The van der Waals surface area contributed by atoms with Crippen molar-refractivity contribution in [3.8, 4) is 0 Å². The summed E-state index contributed by atoms with van der Waals surface area (Å²) in [6.45, 7) is 3.41. The van der Waals surface area contributed by atoms with E-state index in [4.69, 9.17) is 0 Å². The highest BCUT2D eigenvalue weighted by atomic mass is 16.1. The van der Waals surface area contributed by atoms with Gasteiger partial charge in [0.1, 0.15) is 11.6 Å². The molecule has 0 saturated heterocycles. The molecule has 2 aromatic heterocycles. The van der Waals surface area contributed by atoms with E-state index in [1.54, 1.807) is 12.4 Å². The van der Waals surface area contributed by atoms with Crippen molar-refractivity contribution in [1.29, 1.82) is 0 Å². The number of hydrogen-bond acceptors (Lipinski definition) is 6. The summed E-state index contributed by atoms with van der Waals surface area (Å²) in [6.07, 6.45) is 3.44. The molecule has 0 atom stereocenters. The van der Waals surface area contributed by atoms with Crippen LogP contribution in [0.4, 0.5) is 29.0 Å². The smallest absolute Gasteiger partial charge is 0.230 e. The second kappa shape index (κ2) is 7.39. The van der Waals surface area contributed by atoms with Gasteiger partial charge in [-0.1, -0.05) is 6.07 Å². The fourth-order valence-corrected chi connectivity index (χ4v) is 2.16. The number of pyridine rings is 1. The molecule has 0 fully saturated rings. The first-order valence-electron chi connectivity index (χ1n) is 7.76. The highest BCUT2D eigenvalue weighted by molar-refractivity contribution is 5.88. The number of nitrogens with one attached hydrogen (secondary N) is 3. The van der Waals surface area contributed by atoms with Gasteiger partial charge in [0.15, 0.2) is 0 Å². The Morgan fingerprint density at radius 2 is 1.72 bits per heavy atom. The largest absolute Gasteiger partial charge is 0.340 e. The second-order valence-electron chi connectivity index (χ2n) is 5.45. The Kier molecular flexibility index (Phi) is 4.84. The molecule has 7 heteroatoms. The number of benzene rings is 1. The van der Waals surface area contributed by atoms with Crippen LogP contribution in [0.15, 0.2) is 54.9 Å². The number of anilines is 5. The molecule has 2 heterocycles. The molecule has 0 aliphatic heterocycles. The summed E-state index contributed by atoms with van der Waals surface area (Å²) >= 11 is 0. The standard InChI is InChI=1S/C18H18N6O/c1-12-11-20-18(23-16-5-3-4-10-19-16)24-17(12)22-15-8-6-14(7-9-15)21-13(2)25/h3-11H,1-2H3,(H,21,25)(H2,19,20,22,23,24). The maximum absolute atomic E-state index is 11.1. The number of carbonyl (C=O) groups is 1. The summed E-state index contributed by atoms with van der Waals surface area (Å²) in [4.78, 5) is 24.0. The van der Waals surface area contributed by atoms with Crippen LogP contribution in [0.5, 0.6) is 0 Å². The van der Waals surface area contributed by atoms with E-state index in [0.29, 0.717) is 17.6 Å². The molecule has 0 radical (unpaired) electrons. The molecule has 0 aliphatic rings. The minimum Gasteiger partial charge on any atom is -0.340 e. The summed E-state index contributed by atoms with van der Waals surface area (Å²) in [6, 6.07) is 13.0. The fourth-order valence-electron chi connectivity index (χ4n) is 2.16. The third-order valence-corrected chi connectivity index (χ3v) is 3.34. The molecule has 126 valence electrons. The average molecular weight is 334 g/mol. The normalized spacial score (nSPS) is 10.2.